The quantitative estimate of drug-likeness (QED) is 0.504. The van der Waals surface area contributed by atoms with Crippen molar-refractivity contribution in [2.24, 2.45) is 0 Å². The molecule has 1 aromatic heterocycles. The molecule has 0 amide bonds. The molecule has 21 heavy (non-hydrogen) atoms. The van der Waals surface area contributed by atoms with Crippen LogP contribution in [0.4, 0.5) is 5.69 Å². The number of nitrogens with one attached hydrogen (secondary N) is 1. The predicted molar refractivity (Wildman–Crippen MR) is 81.7 cm³/mol. The molecule has 0 aliphatic heterocycles. The first kappa shape index (κ1) is 15.2. The number of hydrogen-bond acceptors (Lipinski definition) is 4. The Balaban J connectivity index is 2.33. The van der Waals surface area contributed by atoms with Crippen LogP contribution in [-0.2, 0) is 6.54 Å². The van der Waals surface area contributed by atoms with Crippen molar-refractivity contribution in [2.75, 3.05) is 6.54 Å². The Kier molecular flexibility index (Phi) is 4.70. The molecule has 0 atom stereocenters. The second-order valence-corrected chi connectivity index (χ2v) is 5.06. The molecule has 0 spiro atoms. The monoisotopic (exact) mass is 288 g/mol. The van der Waals surface area contributed by atoms with Crippen molar-refractivity contribution in [3.05, 3.63) is 51.3 Å². The van der Waals surface area contributed by atoms with Gasteiger partial charge in [-0.15, -0.1) is 0 Å². The van der Waals surface area contributed by atoms with Crippen molar-refractivity contribution in [3.63, 3.8) is 0 Å². The second-order valence-electron chi connectivity index (χ2n) is 5.06. The molecule has 6 nitrogen and oxygen atoms in total. The highest BCUT2D eigenvalue weighted by atomic mass is 16.6. The molecular formula is C15H20N4O2. The zero-order chi connectivity index (χ0) is 15.4. The van der Waals surface area contributed by atoms with E-state index < -0.39 is 0 Å². The van der Waals surface area contributed by atoms with Crippen LogP contribution in [0, 0.1) is 24.0 Å². The smallest absolute Gasteiger partial charge is 0.274 e. The Bertz CT molecular complexity index is 649. The normalized spacial score (nSPS) is 10.8. The van der Waals surface area contributed by atoms with Crippen molar-refractivity contribution < 1.29 is 4.92 Å². The summed E-state index contributed by atoms with van der Waals surface area (Å²) in [7, 11) is 0. The molecule has 2 rings (SSSR count). The Morgan fingerprint density at radius 3 is 2.76 bits per heavy atom. The van der Waals surface area contributed by atoms with E-state index in [2.05, 4.69) is 17.3 Å². The molecule has 0 aliphatic rings. The zero-order valence-electron chi connectivity index (χ0n) is 12.6. The van der Waals surface area contributed by atoms with Gasteiger partial charge in [0.25, 0.3) is 5.69 Å². The maximum Gasteiger partial charge on any atom is 0.274 e. The van der Waals surface area contributed by atoms with E-state index in [-0.39, 0.29) is 10.6 Å². The summed E-state index contributed by atoms with van der Waals surface area (Å²) in [4.78, 5) is 10.7. The van der Waals surface area contributed by atoms with Gasteiger partial charge in [-0.3, -0.25) is 10.1 Å². The molecule has 1 N–H and O–H groups in total. The number of hydrogen-bond donors (Lipinski definition) is 1. The summed E-state index contributed by atoms with van der Waals surface area (Å²) < 4.78 is 1.72. The van der Waals surface area contributed by atoms with Gasteiger partial charge in [0.1, 0.15) is 0 Å². The average Bonchev–Trinajstić information content (AvgIpc) is 2.87. The lowest BCUT2D eigenvalue weighted by atomic mass is 10.1. The van der Waals surface area contributed by atoms with Gasteiger partial charge >= 0.3 is 0 Å². The van der Waals surface area contributed by atoms with Crippen LogP contribution >= 0.6 is 0 Å². The van der Waals surface area contributed by atoms with Crippen LogP contribution in [0.1, 0.15) is 30.2 Å². The van der Waals surface area contributed by atoms with Gasteiger partial charge in [0, 0.05) is 18.8 Å². The van der Waals surface area contributed by atoms with Crippen LogP contribution in [0.15, 0.2) is 24.4 Å². The summed E-state index contributed by atoms with van der Waals surface area (Å²) >= 11 is 0. The van der Waals surface area contributed by atoms with Crippen LogP contribution in [0.2, 0.25) is 0 Å². The lowest BCUT2D eigenvalue weighted by molar-refractivity contribution is -0.385. The molecule has 0 aliphatic carbocycles. The summed E-state index contributed by atoms with van der Waals surface area (Å²) in [6.45, 7) is 7.46. The van der Waals surface area contributed by atoms with Crippen LogP contribution in [-0.4, -0.2) is 21.2 Å². The maximum atomic E-state index is 11.1. The van der Waals surface area contributed by atoms with E-state index in [4.69, 9.17) is 0 Å². The van der Waals surface area contributed by atoms with E-state index in [1.165, 1.54) is 0 Å². The Hall–Kier alpha value is -2.21. The fourth-order valence-corrected chi connectivity index (χ4v) is 2.35. The van der Waals surface area contributed by atoms with Crippen molar-refractivity contribution in [1.29, 1.82) is 0 Å². The first-order chi connectivity index (χ1) is 10.0. The summed E-state index contributed by atoms with van der Waals surface area (Å²) in [6, 6.07) is 5.24. The molecule has 112 valence electrons. The van der Waals surface area contributed by atoms with Crippen LogP contribution in [0.25, 0.3) is 5.69 Å². The fourth-order valence-electron chi connectivity index (χ4n) is 2.35. The Morgan fingerprint density at radius 2 is 2.10 bits per heavy atom. The lowest BCUT2D eigenvalue weighted by Crippen LogP contribution is -2.14. The number of rotatable bonds is 6. The minimum atomic E-state index is -0.356. The van der Waals surface area contributed by atoms with E-state index >= 15 is 0 Å². The number of nitro groups is 1. The molecule has 0 saturated heterocycles. The highest BCUT2D eigenvalue weighted by molar-refractivity contribution is 5.56. The third kappa shape index (κ3) is 3.28. The SMILES string of the molecule is CCCNCc1ccn(-c2c(C)ccc([N+](=O)[O-])c2C)n1. The summed E-state index contributed by atoms with van der Waals surface area (Å²) in [5.74, 6) is 0. The number of aryl methyl sites for hydroxylation is 1. The zero-order valence-corrected chi connectivity index (χ0v) is 12.6. The molecule has 0 radical (unpaired) electrons. The average molecular weight is 288 g/mol. The van der Waals surface area contributed by atoms with Crippen LogP contribution < -0.4 is 5.32 Å². The maximum absolute atomic E-state index is 11.1. The molecule has 1 aromatic carbocycles. The third-order valence-corrected chi connectivity index (χ3v) is 3.41. The number of benzene rings is 1. The van der Waals surface area contributed by atoms with Crippen molar-refractivity contribution in [2.45, 2.75) is 33.7 Å². The largest absolute Gasteiger partial charge is 0.311 e. The van der Waals surface area contributed by atoms with Gasteiger partial charge in [0.2, 0.25) is 0 Å². The fraction of sp³-hybridized carbons (Fsp3) is 0.400. The molecule has 0 fully saturated rings. The van der Waals surface area contributed by atoms with Gasteiger partial charge in [-0.1, -0.05) is 13.0 Å². The van der Waals surface area contributed by atoms with Gasteiger partial charge in [-0.2, -0.15) is 5.10 Å². The van der Waals surface area contributed by atoms with Gasteiger partial charge in [0.05, 0.1) is 21.9 Å². The number of nitrogens with zero attached hydrogens (tertiary/aromatic N) is 3. The molecule has 0 bridgehead atoms. The number of nitro benzene ring substituents is 1. The predicted octanol–water partition coefficient (Wildman–Crippen LogP) is 2.90. The molecule has 0 unspecified atom stereocenters. The Labute approximate surface area is 123 Å². The van der Waals surface area contributed by atoms with Gasteiger partial charge in [0.15, 0.2) is 0 Å². The topological polar surface area (TPSA) is 73.0 Å². The minimum absolute atomic E-state index is 0.122. The minimum Gasteiger partial charge on any atom is -0.311 e. The van der Waals surface area contributed by atoms with E-state index in [9.17, 15) is 10.1 Å². The van der Waals surface area contributed by atoms with Crippen LogP contribution in [0.3, 0.4) is 0 Å². The van der Waals surface area contributed by atoms with Crippen LogP contribution in [0.5, 0.6) is 0 Å². The van der Waals surface area contributed by atoms with E-state index in [1.54, 1.807) is 23.7 Å². The van der Waals surface area contributed by atoms with Crippen molar-refractivity contribution in [3.8, 4) is 5.69 Å². The van der Waals surface area contributed by atoms with E-state index in [0.717, 1.165) is 29.9 Å². The third-order valence-electron chi connectivity index (χ3n) is 3.41. The van der Waals surface area contributed by atoms with Gasteiger partial charge in [-0.25, -0.2) is 4.68 Å². The second kappa shape index (κ2) is 6.49. The molecule has 2 aromatic rings. The van der Waals surface area contributed by atoms with E-state index in [1.807, 2.05) is 19.2 Å². The number of aromatic nitrogens is 2. The molecule has 1 heterocycles. The molecule has 6 heteroatoms. The lowest BCUT2D eigenvalue weighted by Gasteiger charge is -2.10. The standard InChI is InChI=1S/C15H20N4O2/c1-4-8-16-10-13-7-9-18(17-13)15-11(2)5-6-14(12(15)3)19(20)21/h5-7,9,16H,4,8,10H2,1-3H3. The first-order valence-electron chi connectivity index (χ1n) is 7.04. The summed E-state index contributed by atoms with van der Waals surface area (Å²) in [6.07, 6.45) is 2.92. The van der Waals surface area contributed by atoms with Gasteiger partial charge < -0.3 is 5.32 Å². The first-order valence-corrected chi connectivity index (χ1v) is 7.04. The van der Waals surface area contributed by atoms with Gasteiger partial charge in [-0.05, 0) is 38.4 Å². The Morgan fingerprint density at radius 1 is 1.33 bits per heavy atom. The summed E-state index contributed by atoms with van der Waals surface area (Å²) in [5.41, 5.74) is 3.43. The molecule has 0 saturated carbocycles. The highest BCUT2D eigenvalue weighted by Crippen LogP contribution is 2.27. The van der Waals surface area contributed by atoms with E-state index in [0.29, 0.717) is 12.1 Å². The van der Waals surface area contributed by atoms with Crippen molar-refractivity contribution in [1.82, 2.24) is 15.1 Å². The van der Waals surface area contributed by atoms with Crippen molar-refractivity contribution >= 4 is 5.69 Å². The molecular weight excluding hydrogens is 268 g/mol. The highest BCUT2D eigenvalue weighted by Gasteiger charge is 2.17. The summed E-state index contributed by atoms with van der Waals surface area (Å²) in [5, 5.41) is 18.9.